The Morgan fingerprint density at radius 2 is 1.97 bits per heavy atom. The minimum Gasteiger partial charge on any atom is -0.462 e. The fourth-order valence-electron chi connectivity index (χ4n) is 3.65. The fraction of sp³-hybridized carbons (Fsp3) is 0.292. The lowest BCUT2D eigenvalue weighted by Crippen LogP contribution is -2.17. The van der Waals surface area contributed by atoms with Crippen LogP contribution >= 0.6 is 23.1 Å². The number of benzene rings is 1. The Balaban J connectivity index is 1.39. The number of nitrogens with one attached hydrogen (secondary N) is 2. The molecule has 0 atom stereocenters. The average Bonchev–Trinajstić information content (AvgIpc) is 3.46. The first-order chi connectivity index (χ1) is 16.0. The third kappa shape index (κ3) is 5.66. The van der Waals surface area contributed by atoms with Gasteiger partial charge in [-0.25, -0.2) is 4.79 Å². The van der Waals surface area contributed by atoms with Gasteiger partial charge in [0.15, 0.2) is 5.76 Å². The van der Waals surface area contributed by atoms with Gasteiger partial charge < -0.3 is 19.8 Å². The summed E-state index contributed by atoms with van der Waals surface area (Å²) in [7, 11) is 0. The van der Waals surface area contributed by atoms with E-state index in [1.54, 1.807) is 31.2 Å². The number of carbonyl (C=O) groups is 3. The van der Waals surface area contributed by atoms with Crippen LogP contribution < -0.4 is 10.6 Å². The number of hydrogen-bond acceptors (Lipinski definition) is 7. The zero-order valence-corrected chi connectivity index (χ0v) is 19.8. The number of rotatable bonds is 8. The molecule has 7 nitrogen and oxygen atoms in total. The maximum absolute atomic E-state index is 12.7. The minimum atomic E-state index is -0.375. The molecule has 0 bridgehead atoms. The summed E-state index contributed by atoms with van der Waals surface area (Å²) in [5.74, 6) is -0.522. The molecule has 0 radical (unpaired) electrons. The van der Waals surface area contributed by atoms with Crippen molar-refractivity contribution in [2.75, 3.05) is 23.0 Å². The van der Waals surface area contributed by atoms with Crippen molar-refractivity contribution in [2.24, 2.45) is 0 Å². The molecule has 0 aliphatic heterocycles. The molecular weight excluding hydrogens is 460 g/mol. The fourth-order valence-corrected chi connectivity index (χ4v) is 5.70. The van der Waals surface area contributed by atoms with E-state index in [0.717, 1.165) is 41.0 Å². The van der Waals surface area contributed by atoms with Gasteiger partial charge in [-0.3, -0.25) is 9.59 Å². The van der Waals surface area contributed by atoms with Crippen LogP contribution in [-0.4, -0.2) is 30.1 Å². The number of thioether (sulfide) groups is 1. The van der Waals surface area contributed by atoms with Gasteiger partial charge in [0.2, 0.25) is 5.91 Å². The molecule has 2 heterocycles. The molecule has 172 valence electrons. The number of aryl methyl sites for hydroxylation is 1. The molecule has 0 unspecified atom stereocenters. The second-order valence-corrected chi connectivity index (χ2v) is 9.59. The highest BCUT2D eigenvalue weighted by Gasteiger charge is 2.27. The van der Waals surface area contributed by atoms with Crippen molar-refractivity contribution in [3.8, 4) is 0 Å². The normalized spacial score (nSPS) is 12.6. The molecule has 9 heteroatoms. The molecule has 0 fully saturated rings. The van der Waals surface area contributed by atoms with Gasteiger partial charge in [0, 0.05) is 15.5 Å². The number of esters is 1. The third-order valence-electron chi connectivity index (χ3n) is 5.11. The molecule has 2 N–H and O–H groups in total. The minimum absolute atomic E-state index is 0.167. The maximum atomic E-state index is 12.7. The molecular formula is C24H24N2O5S2. The lowest BCUT2D eigenvalue weighted by atomic mass is 9.95. The number of fused-ring (bicyclic) bond motifs is 1. The van der Waals surface area contributed by atoms with Crippen molar-refractivity contribution in [3.05, 3.63) is 64.4 Å². The number of ether oxygens (including phenoxy) is 1. The van der Waals surface area contributed by atoms with E-state index < -0.39 is 0 Å². The van der Waals surface area contributed by atoms with Crippen LogP contribution in [0.3, 0.4) is 0 Å². The van der Waals surface area contributed by atoms with Gasteiger partial charge in [-0.2, -0.15) is 0 Å². The molecule has 1 aliphatic carbocycles. The zero-order chi connectivity index (χ0) is 23.2. The summed E-state index contributed by atoms with van der Waals surface area (Å²) in [4.78, 5) is 39.4. The Labute approximate surface area is 199 Å². The van der Waals surface area contributed by atoms with Gasteiger partial charge in [-0.1, -0.05) is 6.07 Å². The van der Waals surface area contributed by atoms with E-state index in [-0.39, 0.29) is 29.3 Å². The van der Waals surface area contributed by atoms with E-state index in [9.17, 15) is 14.4 Å². The predicted molar refractivity (Wildman–Crippen MR) is 129 cm³/mol. The van der Waals surface area contributed by atoms with Crippen LogP contribution in [0.15, 0.2) is 52.0 Å². The summed E-state index contributed by atoms with van der Waals surface area (Å²) in [5, 5.41) is 6.27. The van der Waals surface area contributed by atoms with E-state index in [1.807, 2.05) is 12.1 Å². The topological polar surface area (TPSA) is 97.6 Å². The quantitative estimate of drug-likeness (QED) is 0.329. The van der Waals surface area contributed by atoms with Gasteiger partial charge in [0.25, 0.3) is 5.91 Å². The lowest BCUT2D eigenvalue weighted by Gasteiger charge is -2.12. The summed E-state index contributed by atoms with van der Waals surface area (Å²) in [6.45, 7) is 2.07. The number of anilines is 2. The standard InChI is InChI=1S/C24H24N2O5S2/c1-2-30-24(29)21-17-9-3-4-11-19(17)33-23(21)26-20(27)14-32-16-8-5-7-15(13-16)25-22(28)18-10-6-12-31-18/h5-8,10,12-13H,2-4,9,11,14H2,1H3,(H,25,28)(H,26,27). The summed E-state index contributed by atoms with van der Waals surface area (Å²) in [6, 6.07) is 10.5. The van der Waals surface area contributed by atoms with Crippen LogP contribution in [-0.2, 0) is 22.4 Å². The highest BCUT2D eigenvalue weighted by molar-refractivity contribution is 8.00. The van der Waals surface area contributed by atoms with Crippen LogP contribution in [0.2, 0.25) is 0 Å². The van der Waals surface area contributed by atoms with Crippen molar-refractivity contribution in [1.82, 2.24) is 0 Å². The van der Waals surface area contributed by atoms with Crippen molar-refractivity contribution < 1.29 is 23.5 Å². The third-order valence-corrected chi connectivity index (χ3v) is 7.31. The van der Waals surface area contributed by atoms with Gasteiger partial charge in [-0.05, 0) is 68.5 Å². The number of carbonyl (C=O) groups excluding carboxylic acids is 3. The van der Waals surface area contributed by atoms with E-state index in [0.29, 0.717) is 22.9 Å². The molecule has 0 saturated carbocycles. The van der Waals surface area contributed by atoms with E-state index in [2.05, 4.69) is 10.6 Å². The first-order valence-corrected chi connectivity index (χ1v) is 12.5. The lowest BCUT2D eigenvalue weighted by molar-refractivity contribution is -0.113. The second-order valence-electron chi connectivity index (χ2n) is 7.43. The Morgan fingerprint density at radius 3 is 2.76 bits per heavy atom. The molecule has 2 aromatic heterocycles. The van der Waals surface area contributed by atoms with Crippen LogP contribution in [0.25, 0.3) is 0 Å². The second kappa shape index (κ2) is 10.7. The molecule has 33 heavy (non-hydrogen) atoms. The maximum Gasteiger partial charge on any atom is 0.341 e. The smallest absolute Gasteiger partial charge is 0.341 e. The van der Waals surface area contributed by atoms with Gasteiger partial charge in [-0.15, -0.1) is 23.1 Å². The van der Waals surface area contributed by atoms with E-state index in [4.69, 9.17) is 9.15 Å². The highest BCUT2D eigenvalue weighted by Crippen LogP contribution is 2.38. The predicted octanol–water partition coefficient (Wildman–Crippen LogP) is 5.38. The van der Waals surface area contributed by atoms with E-state index in [1.165, 1.54) is 29.4 Å². The summed E-state index contributed by atoms with van der Waals surface area (Å²) in [5.41, 5.74) is 2.14. The average molecular weight is 485 g/mol. The summed E-state index contributed by atoms with van der Waals surface area (Å²) >= 11 is 2.82. The number of hydrogen-bond donors (Lipinski definition) is 2. The van der Waals surface area contributed by atoms with Gasteiger partial charge in [0.05, 0.1) is 24.2 Å². The number of thiophene rings is 1. The Hall–Kier alpha value is -3.04. The van der Waals surface area contributed by atoms with Crippen molar-refractivity contribution in [3.63, 3.8) is 0 Å². The van der Waals surface area contributed by atoms with Crippen LogP contribution in [0.1, 0.15) is 51.1 Å². The van der Waals surface area contributed by atoms with Gasteiger partial charge >= 0.3 is 5.97 Å². The number of furan rings is 1. The molecule has 0 saturated heterocycles. The van der Waals surface area contributed by atoms with Crippen molar-refractivity contribution >= 4 is 51.6 Å². The first kappa shape index (κ1) is 23.1. The van der Waals surface area contributed by atoms with Crippen LogP contribution in [0, 0.1) is 0 Å². The van der Waals surface area contributed by atoms with Crippen LogP contribution in [0.5, 0.6) is 0 Å². The molecule has 0 spiro atoms. The number of amides is 2. The monoisotopic (exact) mass is 484 g/mol. The Morgan fingerprint density at radius 1 is 1.12 bits per heavy atom. The highest BCUT2D eigenvalue weighted by atomic mass is 32.2. The van der Waals surface area contributed by atoms with E-state index >= 15 is 0 Å². The summed E-state index contributed by atoms with van der Waals surface area (Å²) in [6.07, 6.45) is 5.32. The molecule has 3 aromatic rings. The first-order valence-electron chi connectivity index (χ1n) is 10.7. The largest absolute Gasteiger partial charge is 0.462 e. The summed E-state index contributed by atoms with van der Waals surface area (Å²) < 4.78 is 10.3. The SMILES string of the molecule is CCOC(=O)c1c(NC(=O)CSc2cccc(NC(=O)c3ccco3)c2)sc2c1CCCC2. The molecule has 4 rings (SSSR count). The zero-order valence-electron chi connectivity index (χ0n) is 18.1. The Bertz CT molecular complexity index is 1150. The molecule has 2 amide bonds. The van der Waals surface area contributed by atoms with Crippen molar-refractivity contribution in [1.29, 1.82) is 0 Å². The molecule has 1 aliphatic rings. The van der Waals surface area contributed by atoms with Crippen molar-refractivity contribution in [2.45, 2.75) is 37.5 Å². The van der Waals surface area contributed by atoms with Gasteiger partial charge in [0.1, 0.15) is 5.00 Å². The molecule has 1 aromatic carbocycles. The Kier molecular flexibility index (Phi) is 7.51. The van der Waals surface area contributed by atoms with Crippen LogP contribution in [0.4, 0.5) is 10.7 Å².